The zero-order chi connectivity index (χ0) is 19.1. The van der Waals surface area contributed by atoms with Crippen LogP contribution in [0.25, 0.3) is 0 Å². The molecule has 1 N–H and O–H groups in total. The normalized spacial score (nSPS) is 13.3. The van der Waals surface area contributed by atoms with E-state index >= 15 is 0 Å². The minimum atomic E-state index is -1.76. The lowest BCUT2D eigenvalue weighted by atomic mass is 10.1. The first-order chi connectivity index (χ1) is 11.5. The van der Waals surface area contributed by atoms with Crippen molar-refractivity contribution in [3.63, 3.8) is 0 Å². The highest BCUT2D eigenvalue weighted by atomic mass is 28.4. The summed E-state index contributed by atoms with van der Waals surface area (Å²) in [6.07, 6.45) is -0.647. The van der Waals surface area contributed by atoms with Gasteiger partial charge in [0.2, 0.25) is 0 Å². The van der Waals surface area contributed by atoms with Crippen LogP contribution < -0.4 is 0 Å². The van der Waals surface area contributed by atoms with Crippen LogP contribution in [-0.4, -0.2) is 32.7 Å². The van der Waals surface area contributed by atoms with Crippen LogP contribution in [-0.2, 0) is 15.8 Å². The van der Waals surface area contributed by atoms with Crippen LogP contribution in [0.1, 0.15) is 40.2 Å². The summed E-state index contributed by atoms with van der Waals surface area (Å²) in [4.78, 5) is 0. The third-order valence-electron chi connectivity index (χ3n) is 4.75. The summed E-state index contributed by atoms with van der Waals surface area (Å²) in [5.41, 5.74) is 6.14. The molecule has 0 aromatic heterocycles. The summed E-state index contributed by atoms with van der Waals surface area (Å²) >= 11 is 0. The first-order valence-corrected chi connectivity index (χ1v) is 11.8. The van der Waals surface area contributed by atoms with Gasteiger partial charge in [0.15, 0.2) is 8.32 Å². The molecule has 1 aromatic rings. The molecule has 0 saturated carbocycles. The molecule has 0 amide bonds. The van der Waals surface area contributed by atoms with Gasteiger partial charge in [-0.05, 0) is 48.7 Å². The van der Waals surface area contributed by atoms with E-state index in [1.807, 2.05) is 44.2 Å². The fourth-order valence-electron chi connectivity index (χ4n) is 1.95. The van der Waals surface area contributed by atoms with Gasteiger partial charge >= 0.3 is 0 Å². The molecule has 3 nitrogen and oxygen atoms in total. The van der Waals surface area contributed by atoms with Gasteiger partial charge in [-0.15, -0.1) is 5.73 Å². The molecule has 140 valence electrons. The molecule has 0 aliphatic rings. The lowest BCUT2D eigenvalue weighted by Gasteiger charge is -2.36. The number of aliphatic hydroxyl groups is 1. The second-order valence-corrected chi connectivity index (χ2v) is 13.0. The van der Waals surface area contributed by atoms with E-state index in [1.54, 1.807) is 0 Å². The van der Waals surface area contributed by atoms with Gasteiger partial charge in [0, 0.05) is 0 Å². The van der Waals surface area contributed by atoms with Crippen LogP contribution in [0.15, 0.2) is 47.2 Å². The van der Waals surface area contributed by atoms with E-state index in [0.717, 1.165) is 16.7 Å². The number of aliphatic hydroxyl groups excluding tert-OH is 1. The van der Waals surface area contributed by atoms with E-state index in [0.29, 0.717) is 13.2 Å². The summed E-state index contributed by atoms with van der Waals surface area (Å²) in [6, 6.07) is 9.96. The van der Waals surface area contributed by atoms with Crippen LogP contribution in [0.4, 0.5) is 0 Å². The Morgan fingerprint density at radius 2 is 1.76 bits per heavy atom. The fourth-order valence-corrected chi connectivity index (χ4v) is 2.96. The van der Waals surface area contributed by atoms with Crippen molar-refractivity contribution < 1.29 is 14.3 Å². The van der Waals surface area contributed by atoms with E-state index in [-0.39, 0.29) is 11.6 Å². The molecule has 0 aliphatic heterocycles. The van der Waals surface area contributed by atoms with Crippen molar-refractivity contribution in [2.75, 3.05) is 13.2 Å². The number of benzene rings is 1. The molecule has 4 heteroatoms. The molecule has 0 saturated heterocycles. The first kappa shape index (κ1) is 21.9. The Morgan fingerprint density at radius 1 is 1.16 bits per heavy atom. The van der Waals surface area contributed by atoms with Gasteiger partial charge in [0.25, 0.3) is 0 Å². The molecule has 0 radical (unpaired) electrons. The summed E-state index contributed by atoms with van der Waals surface area (Å²) in [5, 5.41) is 10.4. The average molecular weight is 363 g/mol. The minimum Gasteiger partial charge on any atom is -0.412 e. The Balaban J connectivity index is 2.54. The Morgan fingerprint density at radius 3 is 2.32 bits per heavy atom. The predicted octanol–water partition coefficient (Wildman–Crippen LogP) is 5.08. The maximum Gasteiger partial charge on any atom is 0.192 e. The zero-order valence-electron chi connectivity index (χ0n) is 16.8. The monoisotopic (exact) mass is 362 g/mol. The van der Waals surface area contributed by atoms with Crippen molar-refractivity contribution in [2.24, 2.45) is 0 Å². The molecule has 1 atom stereocenters. The highest BCUT2D eigenvalue weighted by Crippen LogP contribution is 2.36. The molecule has 1 unspecified atom stereocenters. The van der Waals surface area contributed by atoms with Crippen molar-refractivity contribution in [3.05, 3.63) is 52.8 Å². The van der Waals surface area contributed by atoms with Gasteiger partial charge in [-0.1, -0.05) is 51.1 Å². The smallest absolute Gasteiger partial charge is 0.192 e. The van der Waals surface area contributed by atoms with Gasteiger partial charge in [-0.3, -0.25) is 0 Å². The average Bonchev–Trinajstić information content (AvgIpc) is 2.53. The number of hydrogen-bond donors (Lipinski definition) is 1. The number of rotatable bonds is 8. The topological polar surface area (TPSA) is 38.7 Å². The van der Waals surface area contributed by atoms with E-state index < -0.39 is 14.4 Å². The van der Waals surface area contributed by atoms with Crippen LogP contribution in [0.5, 0.6) is 0 Å². The third kappa shape index (κ3) is 7.72. The SMILES string of the molecule is CC(=C=C(C)C(O)COCc1ccccc1)CO[Si](C)(C)C(C)(C)C. The maximum atomic E-state index is 10.2. The molecule has 0 heterocycles. The summed E-state index contributed by atoms with van der Waals surface area (Å²) in [6.45, 7) is 16.4. The second-order valence-electron chi connectivity index (χ2n) is 8.15. The summed E-state index contributed by atoms with van der Waals surface area (Å²) < 4.78 is 11.8. The van der Waals surface area contributed by atoms with E-state index in [2.05, 4.69) is 39.6 Å². The van der Waals surface area contributed by atoms with Crippen LogP contribution in [0.3, 0.4) is 0 Å². The third-order valence-corrected chi connectivity index (χ3v) is 9.23. The molecule has 1 aromatic carbocycles. The largest absolute Gasteiger partial charge is 0.412 e. The van der Waals surface area contributed by atoms with E-state index in [4.69, 9.17) is 9.16 Å². The summed E-state index contributed by atoms with van der Waals surface area (Å²) in [5.74, 6) is 0. The van der Waals surface area contributed by atoms with Gasteiger partial charge in [0.05, 0.1) is 19.8 Å². The van der Waals surface area contributed by atoms with Crippen molar-refractivity contribution >= 4 is 8.32 Å². The van der Waals surface area contributed by atoms with E-state index in [9.17, 15) is 5.11 Å². The minimum absolute atomic E-state index is 0.191. The molecule has 0 fully saturated rings. The van der Waals surface area contributed by atoms with Crippen molar-refractivity contribution in [1.82, 2.24) is 0 Å². The van der Waals surface area contributed by atoms with Gasteiger partial charge in [-0.25, -0.2) is 0 Å². The van der Waals surface area contributed by atoms with E-state index in [1.165, 1.54) is 0 Å². The Labute approximate surface area is 154 Å². The fraction of sp³-hybridized carbons (Fsp3) is 0.571. The van der Waals surface area contributed by atoms with Gasteiger partial charge < -0.3 is 14.3 Å². The standard InChI is InChI=1S/C21H34O3Si/c1-17(14-24-25(6,7)21(3,4)5)13-18(2)20(22)16-23-15-19-11-9-8-10-12-19/h8-12,20,22H,14-16H2,1-7H3. The lowest BCUT2D eigenvalue weighted by Crippen LogP contribution is -2.41. The van der Waals surface area contributed by atoms with Crippen molar-refractivity contribution in [3.8, 4) is 0 Å². The first-order valence-electron chi connectivity index (χ1n) is 8.89. The van der Waals surface area contributed by atoms with Crippen molar-refractivity contribution in [1.29, 1.82) is 0 Å². The molecular weight excluding hydrogens is 328 g/mol. The maximum absolute atomic E-state index is 10.2. The van der Waals surface area contributed by atoms with Crippen molar-refractivity contribution in [2.45, 2.75) is 65.5 Å². The van der Waals surface area contributed by atoms with Crippen LogP contribution >= 0.6 is 0 Å². The molecular formula is C21H34O3Si. The predicted molar refractivity (Wildman–Crippen MR) is 107 cm³/mol. The number of ether oxygens (including phenoxy) is 1. The second kappa shape index (κ2) is 9.51. The van der Waals surface area contributed by atoms with Gasteiger partial charge in [-0.2, -0.15) is 0 Å². The highest BCUT2D eigenvalue weighted by Gasteiger charge is 2.36. The molecule has 0 spiro atoms. The van der Waals surface area contributed by atoms with Crippen LogP contribution in [0, 0.1) is 0 Å². The number of hydrogen-bond acceptors (Lipinski definition) is 3. The quantitative estimate of drug-likeness (QED) is 0.518. The lowest BCUT2D eigenvalue weighted by molar-refractivity contribution is 0.0454. The van der Waals surface area contributed by atoms with Gasteiger partial charge in [0.1, 0.15) is 6.10 Å². The Bertz CT molecular complexity index is 593. The molecule has 1 rings (SSSR count). The molecule has 25 heavy (non-hydrogen) atoms. The Kier molecular flexibility index (Phi) is 8.32. The molecule has 0 bridgehead atoms. The molecule has 0 aliphatic carbocycles. The Hall–Kier alpha value is -1.16. The van der Waals surface area contributed by atoms with Crippen LogP contribution in [0.2, 0.25) is 18.1 Å². The zero-order valence-corrected chi connectivity index (χ0v) is 17.8. The highest BCUT2D eigenvalue weighted by molar-refractivity contribution is 6.74. The summed E-state index contributed by atoms with van der Waals surface area (Å²) in [7, 11) is -1.76.